The summed E-state index contributed by atoms with van der Waals surface area (Å²) < 4.78 is 5.08. The van der Waals surface area contributed by atoms with Gasteiger partial charge in [0.2, 0.25) is 5.91 Å². The molecule has 1 aliphatic rings. The molecule has 1 atom stereocenters. The smallest absolute Gasteiger partial charge is 0.324 e. The molecule has 0 aliphatic carbocycles. The van der Waals surface area contributed by atoms with E-state index in [0.717, 1.165) is 17.0 Å². The van der Waals surface area contributed by atoms with Gasteiger partial charge in [-0.25, -0.2) is 4.79 Å². The Bertz CT molecular complexity index is 481. The summed E-state index contributed by atoms with van der Waals surface area (Å²) in [5.74, 6) is 1.29. The highest BCUT2D eigenvalue weighted by Crippen LogP contribution is 2.24. The largest absolute Gasteiger partial charge is 0.361 e. The molecule has 0 aromatic carbocycles. The summed E-state index contributed by atoms with van der Waals surface area (Å²) in [6.07, 6.45) is 0. The molecule has 1 fully saturated rings. The molecular formula is C12H17N3O3S. The second-order valence-electron chi connectivity index (χ2n) is 4.48. The maximum atomic E-state index is 12.1. The normalized spacial score (nSPS) is 16.6. The van der Waals surface area contributed by atoms with Gasteiger partial charge in [-0.3, -0.25) is 9.69 Å². The minimum Gasteiger partial charge on any atom is -0.361 e. The quantitative estimate of drug-likeness (QED) is 0.905. The average Bonchev–Trinajstić information content (AvgIpc) is 2.93. The van der Waals surface area contributed by atoms with Gasteiger partial charge in [0.05, 0.1) is 10.9 Å². The van der Waals surface area contributed by atoms with Crippen LogP contribution in [0.1, 0.15) is 23.9 Å². The van der Waals surface area contributed by atoms with Crippen molar-refractivity contribution in [2.45, 2.75) is 31.8 Å². The minimum atomic E-state index is -0.296. The number of thioether (sulfide) groups is 1. The van der Waals surface area contributed by atoms with Crippen molar-refractivity contribution in [1.29, 1.82) is 0 Å². The molecule has 0 spiro atoms. The number of imide groups is 1. The zero-order valence-electron chi connectivity index (χ0n) is 11.2. The molecule has 6 nitrogen and oxygen atoms in total. The highest BCUT2D eigenvalue weighted by atomic mass is 32.2. The zero-order valence-corrected chi connectivity index (χ0v) is 12.0. The lowest BCUT2D eigenvalue weighted by Crippen LogP contribution is -2.39. The number of aryl methyl sites for hydroxylation is 2. The van der Waals surface area contributed by atoms with Crippen LogP contribution in [0.5, 0.6) is 0 Å². The summed E-state index contributed by atoms with van der Waals surface area (Å²) >= 11 is 1.49. The van der Waals surface area contributed by atoms with Crippen LogP contribution in [-0.4, -0.2) is 40.3 Å². The summed E-state index contributed by atoms with van der Waals surface area (Å²) in [5, 5.41) is 6.24. The summed E-state index contributed by atoms with van der Waals surface area (Å²) in [6, 6.07) is -0.296. The van der Waals surface area contributed by atoms with Crippen molar-refractivity contribution in [3.8, 4) is 0 Å². The molecule has 7 heteroatoms. The fourth-order valence-corrected chi connectivity index (χ4v) is 2.99. The standard InChI is InChI=1S/C12H17N3O3S/c1-7-10(8(2)18-14-7)6-19-9(3)11(16)15-5-4-13-12(15)17/h9H,4-6H2,1-3H3,(H,13,17)/t9-/m0/s1. The Morgan fingerprint density at radius 2 is 2.32 bits per heavy atom. The second kappa shape index (κ2) is 5.64. The van der Waals surface area contributed by atoms with Gasteiger partial charge in [0.1, 0.15) is 5.76 Å². The fourth-order valence-electron chi connectivity index (χ4n) is 1.89. The number of carbonyl (C=O) groups excluding carboxylic acids is 2. The van der Waals surface area contributed by atoms with Gasteiger partial charge in [-0.1, -0.05) is 5.16 Å². The molecule has 0 unspecified atom stereocenters. The van der Waals surface area contributed by atoms with E-state index >= 15 is 0 Å². The number of hydrogen-bond acceptors (Lipinski definition) is 5. The zero-order chi connectivity index (χ0) is 14.0. The number of amides is 3. The lowest BCUT2D eigenvalue weighted by molar-refractivity contribution is -0.126. The first kappa shape index (κ1) is 13.9. The van der Waals surface area contributed by atoms with Crippen LogP contribution in [0.4, 0.5) is 4.79 Å². The number of carbonyl (C=O) groups is 2. The first-order valence-corrected chi connectivity index (χ1v) is 7.18. The minimum absolute atomic E-state index is 0.147. The van der Waals surface area contributed by atoms with E-state index < -0.39 is 0 Å². The van der Waals surface area contributed by atoms with Crippen molar-refractivity contribution in [3.63, 3.8) is 0 Å². The SMILES string of the molecule is Cc1noc(C)c1CS[C@@H](C)C(=O)N1CCNC1=O. The molecule has 19 heavy (non-hydrogen) atoms. The molecular weight excluding hydrogens is 266 g/mol. The Kier molecular flexibility index (Phi) is 4.14. The Morgan fingerprint density at radius 3 is 2.84 bits per heavy atom. The average molecular weight is 283 g/mol. The van der Waals surface area contributed by atoms with Crippen LogP contribution in [0, 0.1) is 13.8 Å². The van der Waals surface area contributed by atoms with Crippen LogP contribution in [0.2, 0.25) is 0 Å². The second-order valence-corrected chi connectivity index (χ2v) is 5.81. The first-order chi connectivity index (χ1) is 9.00. The summed E-state index contributed by atoms with van der Waals surface area (Å²) in [5.41, 5.74) is 1.87. The molecule has 3 amide bonds. The molecule has 1 aromatic rings. The van der Waals surface area contributed by atoms with Gasteiger partial charge in [0, 0.05) is 24.4 Å². The van der Waals surface area contributed by atoms with Crippen LogP contribution in [0.15, 0.2) is 4.52 Å². The maximum Gasteiger partial charge on any atom is 0.324 e. The van der Waals surface area contributed by atoms with Gasteiger partial charge >= 0.3 is 6.03 Å². The van der Waals surface area contributed by atoms with Crippen LogP contribution in [0.3, 0.4) is 0 Å². The van der Waals surface area contributed by atoms with E-state index in [2.05, 4.69) is 10.5 Å². The van der Waals surface area contributed by atoms with Crippen LogP contribution < -0.4 is 5.32 Å². The van der Waals surface area contributed by atoms with E-state index in [9.17, 15) is 9.59 Å². The highest BCUT2D eigenvalue weighted by molar-refractivity contribution is 7.99. The number of hydrogen-bond donors (Lipinski definition) is 1. The van der Waals surface area contributed by atoms with Crippen molar-refractivity contribution in [2.75, 3.05) is 13.1 Å². The molecule has 0 bridgehead atoms. The number of urea groups is 1. The monoisotopic (exact) mass is 283 g/mol. The van der Waals surface area contributed by atoms with Crippen molar-refractivity contribution in [2.24, 2.45) is 0 Å². The maximum absolute atomic E-state index is 12.1. The van der Waals surface area contributed by atoms with Crippen LogP contribution >= 0.6 is 11.8 Å². The van der Waals surface area contributed by atoms with E-state index in [1.54, 1.807) is 0 Å². The van der Waals surface area contributed by atoms with Crippen LogP contribution in [-0.2, 0) is 10.5 Å². The van der Waals surface area contributed by atoms with Gasteiger partial charge in [-0.2, -0.15) is 0 Å². The molecule has 1 N–H and O–H groups in total. The highest BCUT2D eigenvalue weighted by Gasteiger charge is 2.30. The van der Waals surface area contributed by atoms with Gasteiger partial charge in [-0.15, -0.1) is 11.8 Å². The molecule has 2 heterocycles. The third kappa shape index (κ3) is 2.91. The molecule has 1 aliphatic heterocycles. The van der Waals surface area contributed by atoms with Crippen molar-refractivity contribution in [1.82, 2.24) is 15.4 Å². The summed E-state index contributed by atoms with van der Waals surface area (Å²) in [6.45, 7) is 6.54. The Hall–Kier alpha value is -1.50. The van der Waals surface area contributed by atoms with Gasteiger partial charge in [-0.05, 0) is 20.8 Å². The van der Waals surface area contributed by atoms with Gasteiger partial charge in [0.15, 0.2) is 0 Å². The topological polar surface area (TPSA) is 75.4 Å². The molecule has 0 saturated carbocycles. The van der Waals surface area contributed by atoms with Crippen molar-refractivity contribution < 1.29 is 14.1 Å². The lowest BCUT2D eigenvalue weighted by Gasteiger charge is -2.17. The van der Waals surface area contributed by atoms with Crippen molar-refractivity contribution >= 4 is 23.7 Å². The summed E-state index contributed by atoms with van der Waals surface area (Å²) in [4.78, 5) is 24.8. The number of rotatable bonds is 4. The molecule has 1 saturated heterocycles. The number of aromatic nitrogens is 1. The predicted molar refractivity (Wildman–Crippen MR) is 71.8 cm³/mol. The predicted octanol–water partition coefficient (Wildman–Crippen LogP) is 1.46. The number of nitrogens with one attached hydrogen (secondary N) is 1. The lowest BCUT2D eigenvalue weighted by atomic mass is 10.2. The van der Waals surface area contributed by atoms with E-state index in [1.165, 1.54) is 16.7 Å². The molecule has 1 aromatic heterocycles. The van der Waals surface area contributed by atoms with E-state index in [-0.39, 0.29) is 17.2 Å². The molecule has 0 radical (unpaired) electrons. The Morgan fingerprint density at radius 1 is 1.58 bits per heavy atom. The van der Waals surface area contributed by atoms with E-state index in [4.69, 9.17) is 4.52 Å². The Balaban J connectivity index is 1.92. The summed E-state index contributed by atoms with van der Waals surface area (Å²) in [7, 11) is 0. The van der Waals surface area contributed by atoms with E-state index in [1.807, 2.05) is 20.8 Å². The Labute approximate surface area is 115 Å². The van der Waals surface area contributed by atoms with Gasteiger partial charge in [0.25, 0.3) is 0 Å². The third-order valence-electron chi connectivity index (χ3n) is 3.13. The number of nitrogens with zero attached hydrogens (tertiary/aromatic N) is 2. The van der Waals surface area contributed by atoms with Gasteiger partial charge < -0.3 is 9.84 Å². The third-order valence-corrected chi connectivity index (χ3v) is 4.29. The molecule has 104 valence electrons. The van der Waals surface area contributed by atoms with Crippen molar-refractivity contribution in [3.05, 3.63) is 17.0 Å². The first-order valence-electron chi connectivity index (χ1n) is 6.13. The fraction of sp³-hybridized carbons (Fsp3) is 0.583. The molecule has 2 rings (SSSR count). The van der Waals surface area contributed by atoms with Crippen LogP contribution in [0.25, 0.3) is 0 Å². The van der Waals surface area contributed by atoms with E-state index in [0.29, 0.717) is 18.8 Å².